The first-order chi connectivity index (χ1) is 11.3. The third-order valence-electron chi connectivity index (χ3n) is 3.28. The molecule has 122 valence electrons. The van der Waals surface area contributed by atoms with E-state index in [-0.39, 0.29) is 5.91 Å². The lowest BCUT2D eigenvalue weighted by Crippen LogP contribution is -2.22. The fraction of sp³-hybridized carbons (Fsp3) is 0.316. The van der Waals surface area contributed by atoms with Crippen LogP contribution in [0.15, 0.2) is 54.6 Å². The molecule has 0 aromatic heterocycles. The van der Waals surface area contributed by atoms with Crippen LogP contribution in [0.25, 0.3) is 0 Å². The van der Waals surface area contributed by atoms with Crippen molar-refractivity contribution in [2.45, 2.75) is 26.3 Å². The number of carbonyl (C=O) groups excluding carboxylic acids is 1. The number of hydrogen-bond donors (Lipinski definition) is 1. The monoisotopic (exact) mass is 313 g/mol. The van der Waals surface area contributed by atoms with Gasteiger partial charge in [-0.3, -0.25) is 4.79 Å². The molecule has 0 atom stereocenters. The van der Waals surface area contributed by atoms with Gasteiger partial charge in [0, 0.05) is 13.0 Å². The van der Waals surface area contributed by atoms with Gasteiger partial charge in [-0.1, -0.05) is 30.3 Å². The van der Waals surface area contributed by atoms with Gasteiger partial charge < -0.3 is 14.8 Å². The van der Waals surface area contributed by atoms with Crippen LogP contribution in [0, 0.1) is 0 Å². The van der Waals surface area contributed by atoms with Crippen molar-refractivity contribution in [3.05, 3.63) is 60.2 Å². The van der Waals surface area contributed by atoms with Crippen LogP contribution >= 0.6 is 0 Å². The third-order valence-corrected chi connectivity index (χ3v) is 3.28. The number of rotatable bonds is 9. The lowest BCUT2D eigenvalue weighted by Gasteiger charge is -2.08. The summed E-state index contributed by atoms with van der Waals surface area (Å²) >= 11 is 0. The van der Waals surface area contributed by atoms with Gasteiger partial charge in [0.15, 0.2) is 0 Å². The Bertz CT molecular complexity index is 581. The Morgan fingerprint density at radius 1 is 0.957 bits per heavy atom. The van der Waals surface area contributed by atoms with Crippen LogP contribution in [0.3, 0.4) is 0 Å². The van der Waals surface area contributed by atoms with Gasteiger partial charge in [-0.25, -0.2) is 0 Å². The number of benzene rings is 2. The van der Waals surface area contributed by atoms with Crippen molar-refractivity contribution < 1.29 is 14.3 Å². The summed E-state index contributed by atoms with van der Waals surface area (Å²) in [6.07, 6.45) is 1.16. The van der Waals surface area contributed by atoms with E-state index in [2.05, 4.69) is 5.32 Å². The molecule has 0 bridgehead atoms. The van der Waals surface area contributed by atoms with Gasteiger partial charge in [-0.2, -0.15) is 0 Å². The van der Waals surface area contributed by atoms with Crippen LogP contribution in [-0.4, -0.2) is 19.1 Å². The Labute approximate surface area is 137 Å². The molecule has 1 amide bonds. The predicted octanol–water partition coefficient (Wildman–Crippen LogP) is 3.56. The molecule has 23 heavy (non-hydrogen) atoms. The largest absolute Gasteiger partial charge is 0.494 e. The van der Waals surface area contributed by atoms with E-state index in [1.165, 1.54) is 0 Å². The van der Waals surface area contributed by atoms with E-state index in [1.54, 1.807) is 0 Å². The Morgan fingerprint density at radius 2 is 1.65 bits per heavy atom. The smallest absolute Gasteiger partial charge is 0.220 e. The minimum atomic E-state index is 0.0375. The summed E-state index contributed by atoms with van der Waals surface area (Å²) in [6.45, 7) is 3.68. The molecule has 0 aliphatic rings. The highest BCUT2D eigenvalue weighted by Crippen LogP contribution is 2.12. The summed E-state index contributed by atoms with van der Waals surface area (Å²) in [6, 6.07) is 17.4. The highest BCUT2D eigenvalue weighted by atomic mass is 16.5. The number of ether oxygens (including phenoxy) is 2. The van der Waals surface area contributed by atoms with Crippen LogP contribution in [-0.2, 0) is 11.3 Å². The topological polar surface area (TPSA) is 47.6 Å². The molecular formula is C19H23NO3. The zero-order valence-electron chi connectivity index (χ0n) is 13.5. The van der Waals surface area contributed by atoms with Crippen LogP contribution in [0.4, 0.5) is 0 Å². The molecule has 2 rings (SSSR count). The Hall–Kier alpha value is -2.49. The van der Waals surface area contributed by atoms with E-state index in [0.717, 1.165) is 17.1 Å². The highest BCUT2D eigenvalue weighted by molar-refractivity contribution is 5.75. The molecule has 2 aromatic carbocycles. The second-order valence-electron chi connectivity index (χ2n) is 5.12. The van der Waals surface area contributed by atoms with Crippen molar-refractivity contribution in [3.63, 3.8) is 0 Å². The van der Waals surface area contributed by atoms with Crippen molar-refractivity contribution >= 4 is 5.91 Å². The van der Waals surface area contributed by atoms with E-state index in [1.807, 2.05) is 61.5 Å². The molecule has 2 aromatic rings. The molecule has 0 aliphatic carbocycles. The third kappa shape index (κ3) is 6.43. The van der Waals surface area contributed by atoms with Gasteiger partial charge >= 0.3 is 0 Å². The first-order valence-electron chi connectivity index (χ1n) is 7.94. The number of carbonyl (C=O) groups is 1. The SMILES string of the molecule is CCOc1ccc(CNC(=O)CCCOc2ccccc2)cc1. The van der Waals surface area contributed by atoms with Crippen molar-refractivity contribution in [2.75, 3.05) is 13.2 Å². The van der Waals surface area contributed by atoms with E-state index in [9.17, 15) is 4.79 Å². The molecule has 4 heteroatoms. The second-order valence-corrected chi connectivity index (χ2v) is 5.12. The van der Waals surface area contributed by atoms with E-state index in [4.69, 9.17) is 9.47 Å². The lowest BCUT2D eigenvalue weighted by molar-refractivity contribution is -0.121. The van der Waals surface area contributed by atoms with E-state index in [0.29, 0.717) is 32.6 Å². The van der Waals surface area contributed by atoms with Crippen molar-refractivity contribution in [1.29, 1.82) is 0 Å². The van der Waals surface area contributed by atoms with Crippen molar-refractivity contribution in [1.82, 2.24) is 5.32 Å². The van der Waals surface area contributed by atoms with Crippen LogP contribution in [0.1, 0.15) is 25.3 Å². The predicted molar refractivity (Wildman–Crippen MR) is 90.6 cm³/mol. The van der Waals surface area contributed by atoms with E-state index >= 15 is 0 Å². The molecule has 0 aliphatic heterocycles. The fourth-order valence-corrected chi connectivity index (χ4v) is 2.10. The number of hydrogen-bond acceptors (Lipinski definition) is 3. The molecule has 0 fully saturated rings. The summed E-state index contributed by atoms with van der Waals surface area (Å²) in [7, 11) is 0. The number of para-hydroxylation sites is 1. The van der Waals surface area contributed by atoms with Gasteiger partial charge in [-0.05, 0) is 43.2 Å². The molecule has 0 saturated carbocycles. The lowest BCUT2D eigenvalue weighted by atomic mass is 10.2. The molecule has 1 N–H and O–H groups in total. The van der Waals surface area contributed by atoms with Gasteiger partial charge in [0.1, 0.15) is 11.5 Å². The highest BCUT2D eigenvalue weighted by Gasteiger charge is 2.02. The number of nitrogens with one attached hydrogen (secondary N) is 1. The standard InChI is InChI=1S/C19H23NO3/c1-2-22-18-12-10-16(11-13-18)15-20-19(21)9-6-14-23-17-7-4-3-5-8-17/h3-5,7-8,10-13H,2,6,9,14-15H2,1H3,(H,20,21). The zero-order valence-corrected chi connectivity index (χ0v) is 13.5. The zero-order chi connectivity index (χ0) is 16.3. The maximum Gasteiger partial charge on any atom is 0.220 e. The van der Waals surface area contributed by atoms with E-state index < -0.39 is 0 Å². The van der Waals surface area contributed by atoms with Gasteiger partial charge in [-0.15, -0.1) is 0 Å². The van der Waals surface area contributed by atoms with Crippen LogP contribution < -0.4 is 14.8 Å². The molecule has 0 spiro atoms. The number of amides is 1. The molecule has 4 nitrogen and oxygen atoms in total. The molecular weight excluding hydrogens is 290 g/mol. The minimum absolute atomic E-state index is 0.0375. The quantitative estimate of drug-likeness (QED) is 0.720. The minimum Gasteiger partial charge on any atom is -0.494 e. The summed E-state index contributed by atoms with van der Waals surface area (Å²) in [5, 5.41) is 2.91. The maximum atomic E-state index is 11.8. The maximum absolute atomic E-state index is 11.8. The fourth-order valence-electron chi connectivity index (χ4n) is 2.10. The summed E-state index contributed by atoms with van der Waals surface area (Å²) < 4.78 is 10.9. The van der Waals surface area contributed by atoms with Gasteiger partial charge in [0.2, 0.25) is 5.91 Å². The summed E-state index contributed by atoms with van der Waals surface area (Å²) in [4.78, 5) is 11.8. The Balaban J connectivity index is 1.61. The van der Waals surface area contributed by atoms with Gasteiger partial charge in [0.25, 0.3) is 0 Å². The molecule has 0 heterocycles. The molecule has 0 saturated heterocycles. The normalized spacial score (nSPS) is 10.1. The Morgan fingerprint density at radius 3 is 2.35 bits per heavy atom. The molecule has 0 radical (unpaired) electrons. The van der Waals surface area contributed by atoms with Crippen molar-refractivity contribution in [3.8, 4) is 11.5 Å². The average molecular weight is 313 g/mol. The van der Waals surface area contributed by atoms with Gasteiger partial charge in [0.05, 0.1) is 13.2 Å². The Kier molecular flexibility index (Phi) is 6.98. The summed E-state index contributed by atoms with van der Waals surface area (Å²) in [5.41, 5.74) is 1.06. The van der Waals surface area contributed by atoms with Crippen molar-refractivity contribution in [2.24, 2.45) is 0 Å². The summed E-state index contributed by atoms with van der Waals surface area (Å²) in [5.74, 6) is 1.72. The first kappa shape index (κ1) is 16.9. The first-order valence-corrected chi connectivity index (χ1v) is 7.94. The van der Waals surface area contributed by atoms with Crippen LogP contribution in [0.5, 0.6) is 11.5 Å². The van der Waals surface area contributed by atoms with Crippen LogP contribution in [0.2, 0.25) is 0 Å². The average Bonchev–Trinajstić information content (AvgIpc) is 2.59. The second kappa shape index (κ2) is 9.51. The molecule has 0 unspecified atom stereocenters.